The molecule has 2 aromatic heterocycles. The Balaban J connectivity index is 1.44. The molecular formula is C29H23Cl2IN8O3. The topological polar surface area (TPSA) is 154 Å². The van der Waals surface area contributed by atoms with Crippen LogP contribution in [0.25, 0.3) is 23.0 Å². The Morgan fingerprint density at radius 3 is 2.67 bits per heavy atom. The minimum Gasteiger partial charge on any atom is -0.451 e. The number of aromatic amines is 1. The summed E-state index contributed by atoms with van der Waals surface area (Å²) in [6.45, 7) is 0. The summed E-state index contributed by atoms with van der Waals surface area (Å²) >= 11 is 14.7. The third-order valence-electron chi connectivity index (χ3n) is 6.34. The number of alkyl halides is 1. The number of tetrazole rings is 1. The molecule has 3 aromatic carbocycles. The average Bonchev–Trinajstić information content (AvgIpc) is 3.67. The summed E-state index contributed by atoms with van der Waals surface area (Å²) in [5.41, 5.74) is 9.69. The van der Waals surface area contributed by atoms with Crippen LogP contribution in [-0.4, -0.2) is 46.7 Å². The van der Waals surface area contributed by atoms with Gasteiger partial charge >= 0.3 is 5.97 Å². The zero-order valence-corrected chi connectivity index (χ0v) is 25.9. The van der Waals surface area contributed by atoms with E-state index in [1.54, 1.807) is 42.5 Å². The minimum atomic E-state index is -0.582. The van der Waals surface area contributed by atoms with Crippen molar-refractivity contribution in [3.05, 3.63) is 112 Å². The first-order chi connectivity index (χ1) is 20.8. The second-order valence-corrected chi connectivity index (χ2v) is 10.6. The molecule has 43 heavy (non-hydrogen) atoms. The highest BCUT2D eigenvalue weighted by atomic mass is 127. The number of nitrogens with one attached hydrogen (secondary N) is 2. The van der Waals surface area contributed by atoms with Gasteiger partial charge < -0.3 is 20.8 Å². The van der Waals surface area contributed by atoms with Crippen molar-refractivity contribution < 1.29 is 14.3 Å². The highest BCUT2D eigenvalue weighted by Crippen LogP contribution is 2.31. The first kappa shape index (κ1) is 30.2. The predicted octanol–water partition coefficient (Wildman–Crippen LogP) is 5.60. The van der Waals surface area contributed by atoms with Crippen LogP contribution in [0.2, 0.25) is 10.2 Å². The van der Waals surface area contributed by atoms with Crippen molar-refractivity contribution in [1.82, 2.24) is 35.5 Å². The first-order valence-corrected chi connectivity index (χ1v) is 15.0. The van der Waals surface area contributed by atoms with E-state index in [1.165, 1.54) is 17.1 Å². The molecule has 0 radical (unpaired) electrons. The van der Waals surface area contributed by atoms with E-state index in [-0.39, 0.29) is 26.9 Å². The van der Waals surface area contributed by atoms with Crippen LogP contribution < -0.4 is 11.1 Å². The van der Waals surface area contributed by atoms with Gasteiger partial charge in [0.15, 0.2) is 0 Å². The Morgan fingerprint density at radius 2 is 1.93 bits per heavy atom. The van der Waals surface area contributed by atoms with Gasteiger partial charge in [0.2, 0.25) is 5.91 Å². The van der Waals surface area contributed by atoms with Gasteiger partial charge in [-0.15, -0.1) is 5.10 Å². The fraction of sp³-hybridized carbons (Fsp3) is 0.103. The summed E-state index contributed by atoms with van der Waals surface area (Å²) in [6.07, 6.45) is 4.90. The standard InChI is InChI=1S/C29H23Cl2IN8O3/c30-20-8-10-24(40-16-34-38-39-40)18(13-20)7-11-25(41)35-23(12-17-4-2-1-3-5-17)28-36-26(27(31)37-28)19-6-9-22(33)21(14-19)29(42)43-15-32/h1-11,13-14,16,23H,12,15,33H2,(H,35,41)(H,36,37)/b11-7+/t23-/m0/s1. The quantitative estimate of drug-likeness (QED) is 0.0552. The molecular weight excluding hydrogens is 706 g/mol. The molecule has 11 nitrogen and oxygen atoms in total. The molecule has 14 heteroatoms. The number of imidazole rings is 1. The van der Waals surface area contributed by atoms with E-state index in [9.17, 15) is 9.59 Å². The number of H-pyrrole nitrogens is 1. The summed E-state index contributed by atoms with van der Waals surface area (Å²) in [5.74, 6) is -0.505. The maximum absolute atomic E-state index is 13.2. The number of ether oxygens (including phenoxy) is 1. The number of halogens is 3. The Bertz CT molecular complexity index is 1780. The number of esters is 1. The summed E-state index contributed by atoms with van der Waals surface area (Å²) in [5, 5.41) is 15.0. The van der Waals surface area contributed by atoms with E-state index in [0.29, 0.717) is 39.8 Å². The smallest absolute Gasteiger partial charge is 0.341 e. The molecule has 0 aliphatic rings. The van der Waals surface area contributed by atoms with Crippen molar-refractivity contribution in [3.8, 4) is 16.9 Å². The fourth-order valence-corrected chi connectivity index (χ4v) is 5.03. The Hall–Kier alpha value is -4.27. The Kier molecular flexibility index (Phi) is 9.69. The van der Waals surface area contributed by atoms with Crippen LogP contribution in [0.5, 0.6) is 0 Å². The van der Waals surface area contributed by atoms with E-state index < -0.39 is 12.0 Å². The van der Waals surface area contributed by atoms with Crippen LogP contribution in [0, 0.1) is 0 Å². The molecule has 0 unspecified atom stereocenters. The molecule has 0 saturated heterocycles. The maximum Gasteiger partial charge on any atom is 0.341 e. The number of carbonyl (C=O) groups is 2. The van der Waals surface area contributed by atoms with Crippen molar-refractivity contribution in [2.45, 2.75) is 12.5 Å². The number of nitrogens with zero attached hydrogens (tertiary/aromatic N) is 5. The summed E-state index contributed by atoms with van der Waals surface area (Å²) in [4.78, 5) is 33.4. The van der Waals surface area contributed by atoms with Crippen molar-refractivity contribution in [1.29, 1.82) is 0 Å². The minimum absolute atomic E-state index is 0.180. The second kappa shape index (κ2) is 13.8. The van der Waals surface area contributed by atoms with Gasteiger partial charge in [-0.05, 0) is 81.4 Å². The molecule has 2 heterocycles. The fourth-order valence-electron chi connectivity index (χ4n) is 4.32. The number of benzene rings is 3. The number of aromatic nitrogens is 6. The lowest BCUT2D eigenvalue weighted by molar-refractivity contribution is -0.117. The lowest BCUT2D eigenvalue weighted by Crippen LogP contribution is -2.29. The van der Waals surface area contributed by atoms with Gasteiger partial charge in [-0.2, -0.15) is 4.68 Å². The molecule has 0 saturated carbocycles. The lowest BCUT2D eigenvalue weighted by Gasteiger charge is -2.16. The van der Waals surface area contributed by atoms with Gasteiger partial charge in [0.05, 0.1) is 17.3 Å². The normalized spacial score (nSPS) is 11.9. The van der Waals surface area contributed by atoms with Gasteiger partial charge in [0.25, 0.3) is 0 Å². The summed E-state index contributed by atoms with van der Waals surface area (Å²) < 4.78 is 6.76. The molecule has 1 atom stereocenters. The number of amides is 1. The van der Waals surface area contributed by atoms with E-state index in [1.807, 2.05) is 52.9 Å². The van der Waals surface area contributed by atoms with Crippen molar-refractivity contribution in [2.24, 2.45) is 0 Å². The van der Waals surface area contributed by atoms with E-state index in [0.717, 1.165) is 5.56 Å². The summed E-state index contributed by atoms with van der Waals surface area (Å²) in [7, 11) is 0. The van der Waals surface area contributed by atoms with Gasteiger partial charge in [0.1, 0.15) is 27.6 Å². The number of carbonyl (C=O) groups excluding carboxylic acids is 2. The SMILES string of the molecule is Nc1ccc(-c2nc([C@H](Cc3ccccc3)NC(=O)/C=C/c3cc(Cl)ccc3-n3cnnn3)[nH]c2Cl)cc1C(=O)OCI. The Morgan fingerprint density at radius 1 is 1.12 bits per heavy atom. The molecule has 0 aliphatic carbocycles. The molecule has 0 bridgehead atoms. The number of hydrogen-bond donors (Lipinski definition) is 3. The van der Waals surface area contributed by atoms with Crippen LogP contribution in [0.3, 0.4) is 0 Å². The first-order valence-electron chi connectivity index (χ1n) is 12.8. The van der Waals surface area contributed by atoms with Crippen LogP contribution in [0.15, 0.2) is 79.1 Å². The number of nitrogen functional groups attached to an aromatic ring is 1. The van der Waals surface area contributed by atoms with E-state index in [4.69, 9.17) is 38.7 Å². The van der Waals surface area contributed by atoms with Gasteiger partial charge in [0, 0.05) is 27.9 Å². The predicted molar refractivity (Wildman–Crippen MR) is 172 cm³/mol. The van der Waals surface area contributed by atoms with Crippen LogP contribution >= 0.6 is 45.8 Å². The maximum atomic E-state index is 13.2. The molecule has 4 N–H and O–H groups in total. The molecule has 0 spiro atoms. The van der Waals surface area contributed by atoms with Crippen LogP contribution in [0.4, 0.5) is 5.69 Å². The van der Waals surface area contributed by atoms with Crippen LogP contribution in [-0.2, 0) is 16.0 Å². The monoisotopic (exact) mass is 728 g/mol. The summed E-state index contributed by atoms with van der Waals surface area (Å²) in [6, 6.07) is 19.1. The van der Waals surface area contributed by atoms with Crippen LogP contribution in [0.1, 0.15) is 33.4 Å². The molecule has 0 aliphatic heterocycles. The van der Waals surface area contributed by atoms with Crippen molar-refractivity contribution in [2.75, 3.05) is 10.3 Å². The highest BCUT2D eigenvalue weighted by molar-refractivity contribution is 14.1. The number of hydrogen-bond acceptors (Lipinski definition) is 8. The molecule has 218 valence electrons. The third kappa shape index (κ3) is 7.39. The number of nitrogens with two attached hydrogens (primary N) is 1. The number of anilines is 1. The Labute approximate surface area is 269 Å². The molecule has 5 aromatic rings. The van der Waals surface area contributed by atoms with E-state index >= 15 is 0 Å². The molecule has 0 fully saturated rings. The van der Waals surface area contributed by atoms with Gasteiger partial charge in [-0.3, -0.25) is 4.79 Å². The number of rotatable bonds is 10. The van der Waals surface area contributed by atoms with Crippen molar-refractivity contribution in [3.63, 3.8) is 0 Å². The third-order valence-corrected chi connectivity index (χ3v) is 7.16. The van der Waals surface area contributed by atoms with Gasteiger partial charge in [-0.1, -0.05) is 59.6 Å². The largest absolute Gasteiger partial charge is 0.451 e. The zero-order chi connectivity index (χ0) is 30.3. The highest BCUT2D eigenvalue weighted by Gasteiger charge is 2.22. The second-order valence-electron chi connectivity index (χ2n) is 9.17. The van der Waals surface area contributed by atoms with Gasteiger partial charge in [-0.25, -0.2) is 9.78 Å². The van der Waals surface area contributed by atoms with E-state index in [2.05, 4.69) is 25.8 Å². The average molecular weight is 729 g/mol. The molecule has 5 rings (SSSR count). The lowest BCUT2D eigenvalue weighted by atomic mass is 10.0. The van der Waals surface area contributed by atoms with Crippen molar-refractivity contribution >= 4 is 69.4 Å². The zero-order valence-electron chi connectivity index (χ0n) is 22.2. The molecule has 1 amide bonds.